The predicted molar refractivity (Wildman–Crippen MR) is 234 cm³/mol. The first-order valence-corrected chi connectivity index (χ1v) is 21.1. The molecule has 0 unspecified atom stereocenters. The van der Waals surface area contributed by atoms with Crippen molar-refractivity contribution in [3.63, 3.8) is 0 Å². The molecule has 0 atom stereocenters. The number of aldehydes is 1. The topological polar surface area (TPSA) is 157 Å². The monoisotopic (exact) mass is 822 g/mol. The first-order chi connectivity index (χ1) is 29.8. The van der Waals surface area contributed by atoms with E-state index in [0.29, 0.717) is 60.4 Å². The van der Waals surface area contributed by atoms with Crippen LogP contribution in [0.1, 0.15) is 51.1 Å². The Morgan fingerprint density at radius 2 is 1.57 bits per heavy atom. The fourth-order valence-corrected chi connectivity index (χ4v) is 8.92. The number of piperidine rings is 1. The summed E-state index contributed by atoms with van der Waals surface area (Å²) in [5.41, 5.74) is 8.63. The minimum atomic E-state index is -0.354. The quantitative estimate of drug-likeness (QED) is 0.145. The van der Waals surface area contributed by atoms with Crippen LogP contribution in [-0.4, -0.2) is 103 Å². The number of hydrogen-bond donors (Lipinski definition) is 3. The van der Waals surface area contributed by atoms with Crippen LogP contribution in [-0.2, 0) is 24.3 Å². The zero-order valence-electron chi connectivity index (χ0n) is 34.3. The Kier molecular flexibility index (Phi) is 11.4. The fourth-order valence-electron chi connectivity index (χ4n) is 8.92. The van der Waals surface area contributed by atoms with Crippen molar-refractivity contribution in [3.8, 4) is 17.0 Å². The van der Waals surface area contributed by atoms with E-state index >= 15 is 0 Å². The number of nitrogens with one attached hydrogen (secondary N) is 3. The zero-order chi connectivity index (χ0) is 41.9. The van der Waals surface area contributed by atoms with E-state index in [0.717, 1.165) is 93.9 Å². The molecule has 6 heterocycles. The molecule has 4 aliphatic rings. The molecule has 4 amide bonds. The maximum absolute atomic E-state index is 12.7. The summed E-state index contributed by atoms with van der Waals surface area (Å²) >= 11 is 0. The Balaban J connectivity index is 0.759. The van der Waals surface area contributed by atoms with Crippen molar-refractivity contribution in [2.45, 2.75) is 38.8 Å². The lowest BCUT2D eigenvalue weighted by Crippen LogP contribution is -2.49. The van der Waals surface area contributed by atoms with Crippen molar-refractivity contribution in [2.24, 2.45) is 5.92 Å². The number of fused-ring (bicyclic) bond motifs is 2. The average molecular weight is 823 g/mol. The molecule has 0 radical (unpaired) electrons. The van der Waals surface area contributed by atoms with Crippen LogP contribution < -0.4 is 35.4 Å². The van der Waals surface area contributed by atoms with Gasteiger partial charge in [0.05, 0.1) is 18.2 Å². The molecule has 15 nitrogen and oxygen atoms in total. The number of aryl methyl sites for hydroxylation is 2. The molecule has 0 saturated carbocycles. The van der Waals surface area contributed by atoms with Crippen LogP contribution in [0.2, 0.25) is 0 Å². The highest BCUT2D eigenvalue weighted by Gasteiger charge is 2.28. The van der Waals surface area contributed by atoms with Crippen LogP contribution in [0.5, 0.6) is 5.75 Å². The predicted octanol–water partition coefficient (Wildman–Crippen LogP) is 5.48. The van der Waals surface area contributed by atoms with Gasteiger partial charge in [0, 0.05) is 113 Å². The van der Waals surface area contributed by atoms with Gasteiger partial charge in [-0.05, 0) is 84.8 Å². The van der Waals surface area contributed by atoms with Crippen molar-refractivity contribution >= 4 is 52.7 Å². The first-order valence-electron chi connectivity index (χ1n) is 21.1. The largest absolute Gasteiger partial charge is 0.496 e. The molecule has 5 aromatic rings. The molecule has 0 spiro atoms. The van der Waals surface area contributed by atoms with E-state index < -0.39 is 0 Å². The Hall–Kier alpha value is -6.74. The number of imide groups is 1. The summed E-state index contributed by atoms with van der Waals surface area (Å²) in [5, 5.41) is 13.8. The van der Waals surface area contributed by atoms with Crippen molar-refractivity contribution in [1.82, 2.24) is 30.3 Å². The first kappa shape index (κ1) is 39.7. The van der Waals surface area contributed by atoms with Gasteiger partial charge in [0.1, 0.15) is 17.3 Å². The third-order valence-corrected chi connectivity index (χ3v) is 12.4. The summed E-state index contributed by atoms with van der Waals surface area (Å²) in [6.07, 6.45) is 7.35. The van der Waals surface area contributed by atoms with E-state index in [-0.39, 0.29) is 17.8 Å². The van der Waals surface area contributed by atoms with Gasteiger partial charge in [-0.15, -0.1) is 0 Å². The summed E-state index contributed by atoms with van der Waals surface area (Å²) in [4.78, 5) is 62.3. The third kappa shape index (κ3) is 8.51. The molecule has 314 valence electrons. The highest BCUT2D eigenvalue weighted by molar-refractivity contribution is 6.05. The van der Waals surface area contributed by atoms with E-state index in [4.69, 9.17) is 9.84 Å². The smallest absolute Gasteiger partial charge is 0.328 e. The molecule has 3 N–H and O–H groups in total. The second kappa shape index (κ2) is 17.5. The maximum atomic E-state index is 12.7. The van der Waals surface area contributed by atoms with Crippen LogP contribution in [0, 0.1) is 5.92 Å². The summed E-state index contributed by atoms with van der Waals surface area (Å²) in [6.45, 7) is 8.54. The lowest BCUT2D eigenvalue weighted by molar-refractivity contribution is -0.120. The zero-order valence-corrected chi connectivity index (χ0v) is 34.3. The van der Waals surface area contributed by atoms with Gasteiger partial charge in [0.2, 0.25) is 5.91 Å². The summed E-state index contributed by atoms with van der Waals surface area (Å²) in [5.74, 6) is 1.33. The third-order valence-electron chi connectivity index (χ3n) is 12.4. The van der Waals surface area contributed by atoms with Crippen LogP contribution in [0.4, 0.5) is 33.4 Å². The molecule has 3 fully saturated rings. The van der Waals surface area contributed by atoms with Gasteiger partial charge < -0.3 is 25.2 Å². The number of pyridine rings is 1. The molecule has 61 heavy (non-hydrogen) atoms. The lowest BCUT2D eigenvalue weighted by atomic mass is 9.95. The normalized spacial score (nSPS) is 17.2. The second-order valence-corrected chi connectivity index (χ2v) is 16.1. The van der Waals surface area contributed by atoms with Gasteiger partial charge in [-0.25, -0.2) is 9.48 Å². The van der Waals surface area contributed by atoms with E-state index in [1.807, 2.05) is 41.1 Å². The number of ether oxygens (including phenoxy) is 1. The number of rotatable bonds is 11. The van der Waals surface area contributed by atoms with Gasteiger partial charge in [0.25, 0.3) is 5.91 Å². The number of hydrogen-bond acceptors (Lipinski definition) is 11. The average Bonchev–Trinajstić information content (AvgIpc) is 3.54. The van der Waals surface area contributed by atoms with E-state index in [9.17, 15) is 19.2 Å². The number of methoxy groups -OCH3 is 1. The van der Waals surface area contributed by atoms with Crippen molar-refractivity contribution in [3.05, 3.63) is 107 Å². The van der Waals surface area contributed by atoms with Crippen LogP contribution in [0.25, 0.3) is 11.3 Å². The molecule has 3 aromatic carbocycles. The molecular formula is C46H50N10O5. The highest BCUT2D eigenvalue weighted by atomic mass is 16.5. The van der Waals surface area contributed by atoms with Crippen molar-refractivity contribution in [2.75, 3.05) is 79.5 Å². The standard InChI is InChI=1S/C46H50N10O5/c1-61-41-12-17-47-28-38(41)45(59)48-27-31-2-4-33(5-3-31)43-39(30-57)44-49-40-11-10-37(26-34(40)15-21-56(44)51-43)54-24-22-52(23-25-54)29-32-13-18-53(19-14-32)35-6-8-36(9-7-35)55-20-16-42(58)50-46(55)60/h2-12,17,26,28,30,32,49H,13-16,18-25,27,29H2,1H3,(H,48,59)(H,50,58,60). The van der Waals surface area contributed by atoms with Crippen molar-refractivity contribution < 1.29 is 23.9 Å². The molecule has 0 aliphatic carbocycles. The van der Waals surface area contributed by atoms with Crippen LogP contribution in [0.3, 0.4) is 0 Å². The Labute approximate surface area is 354 Å². The minimum Gasteiger partial charge on any atom is -0.496 e. The SMILES string of the molecule is COc1ccncc1C(=O)NCc1ccc(-c2nn3c(c2C=O)Nc2ccc(N4CCN(CC5CCN(c6ccc(N7CCC(=O)NC7=O)cc6)CC5)CC4)cc2CC3)cc1. The van der Waals surface area contributed by atoms with Gasteiger partial charge in [0.15, 0.2) is 6.29 Å². The number of urea groups is 1. The number of benzene rings is 3. The maximum Gasteiger partial charge on any atom is 0.328 e. The van der Waals surface area contributed by atoms with Gasteiger partial charge in [-0.2, -0.15) is 5.10 Å². The number of piperazine rings is 1. The second-order valence-electron chi connectivity index (χ2n) is 16.1. The lowest BCUT2D eigenvalue weighted by Gasteiger charge is -2.40. The molecule has 3 saturated heterocycles. The summed E-state index contributed by atoms with van der Waals surface area (Å²) < 4.78 is 7.19. The number of nitrogens with zero attached hydrogens (tertiary/aromatic N) is 7. The number of carbonyl (C=O) groups excluding carboxylic acids is 4. The molecule has 0 bridgehead atoms. The molecule has 4 aliphatic heterocycles. The van der Waals surface area contributed by atoms with Gasteiger partial charge >= 0.3 is 6.03 Å². The van der Waals surface area contributed by atoms with E-state index in [1.54, 1.807) is 17.2 Å². The Morgan fingerprint density at radius 1 is 0.836 bits per heavy atom. The van der Waals surface area contributed by atoms with Crippen LogP contribution >= 0.6 is 0 Å². The van der Waals surface area contributed by atoms with E-state index in [2.05, 4.69) is 66.0 Å². The number of carbonyl (C=O) groups is 4. The fraction of sp³-hybridized carbons (Fsp3) is 0.348. The number of amides is 4. The van der Waals surface area contributed by atoms with E-state index in [1.165, 1.54) is 30.2 Å². The van der Waals surface area contributed by atoms with Gasteiger partial charge in [-0.1, -0.05) is 24.3 Å². The highest BCUT2D eigenvalue weighted by Crippen LogP contribution is 2.36. The molecule has 9 rings (SSSR count). The molecule has 15 heteroatoms. The van der Waals surface area contributed by atoms with Gasteiger partial charge in [-0.3, -0.25) is 34.5 Å². The number of aromatic nitrogens is 3. The molecular weight excluding hydrogens is 773 g/mol. The Morgan fingerprint density at radius 3 is 2.31 bits per heavy atom. The van der Waals surface area contributed by atoms with Crippen molar-refractivity contribution in [1.29, 1.82) is 0 Å². The minimum absolute atomic E-state index is 0.222. The summed E-state index contributed by atoms with van der Waals surface area (Å²) in [6, 6.07) is 23.7. The number of anilines is 5. The molecule has 2 aromatic heterocycles. The summed E-state index contributed by atoms with van der Waals surface area (Å²) in [7, 11) is 1.52. The Bertz CT molecular complexity index is 2420. The van der Waals surface area contributed by atoms with Crippen LogP contribution in [0.15, 0.2) is 85.2 Å².